The van der Waals surface area contributed by atoms with Crippen LogP contribution in [0.15, 0.2) is 36.8 Å². The highest BCUT2D eigenvalue weighted by Crippen LogP contribution is 2.18. The standard InChI is InChI=1S/C18H25N3O/c1-14-5-6-18(15(2)11-14)22-10-9-21(4)16(3)12-17-13-19-7-8-20-17/h5-8,11,13,16H,9-10,12H2,1-4H3/t16-/m0/s1. The second kappa shape index (κ2) is 7.90. The summed E-state index contributed by atoms with van der Waals surface area (Å²) in [5, 5.41) is 0. The number of hydrogen-bond acceptors (Lipinski definition) is 4. The Hall–Kier alpha value is -1.94. The summed E-state index contributed by atoms with van der Waals surface area (Å²) in [7, 11) is 2.12. The normalized spacial score (nSPS) is 12.4. The molecule has 0 bridgehead atoms. The first kappa shape index (κ1) is 16.4. The van der Waals surface area contributed by atoms with Gasteiger partial charge >= 0.3 is 0 Å². The van der Waals surface area contributed by atoms with Gasteiger partial charge < -0.3 is 4.74 Å². The minimum atomic E-state index is 0.402. The quantitative estimate of drug-likeness (QED) is 0.787. The summed E-state index contributed by atoms with van der Waals surface area (Å²) < 4.78 is 5.89. The third-order valence-electron chi connectivity index (χ3n) is 3.91. The van der Waals surface area contributed by atoms with Crippen molar-refractivity contribution in [3.63, 3.8) is 0 Å². The summed E-state index contributed by atoms with van der Waals surface area (Å²) in [6.07, 6.45) is 6.17. The van der Waals surface area contributed by atoms with E-state index in [1.54, 1.807) is 12.4 Å². The van der Waals surface area contributed by atoms with Crippen molar-refractivity contribution in [1.82, 2.24) is 14.9 Å². The molecule has 0 N–H and O–H groups in total. The van der Waals surface area contributed by atoms with Crippen molar-refractivity contribution in [2.45, 2.75) is 33.2 Å². The lowest BCUT2D eigenvalue weighted by atomic mass is 10.1. The van der Waals surface area contributed by atoms with Crippen LogP contribution in [0.4, 0.5) is 0 Å². The van der Waals surface area contributed by atoms with Crippen LogP contribution < -0.4 is 4.74 Å². The summed E-state index contributed by atoms with van der Waals surface area (Å²) in [6.45, 7) is 7.95. The molecule has 0 aliphatic carbocycles. The molecule has 4 heteroatoms. The number of rotatable bonds is 7. The predicted molar refractivity (Wildman–Crippen MR) is 89.2 cm³/mol. The van der Waals surface area contributed by atoms with Crippen molar-refractivity contribution in [3.05, 3.63) is 53.6 Å². The minimum absolute atomic E-state index is 0.402. The topological polar surface area (TPSA) is 38.2 Å². The van der Waals surface area contributed by atoms with E-state index in [0.29, 0.717) is 12.6 Å². The van der Waals surface area contributed by atoms with Crippen molar-refractivity contribution in [3.8, 4) is 5.75 Å². The molecule has 0 amide bonds. The van der Waals surface area contributed by atoms with Crippen molar-refractivity contribution < 1.29 is 4.74 Å². The van der Waals surface area contributed by atoms with Gasteiger partial charge in [-0.25, -0.2) is 0 Å². The molecule has 1 aromatic heterocycles. The Morgan fingerprint density at radius 3 is 2.73 bits per heavy atom. The number of ether oxygens (including phenoxy) is 1. The smallest absolute Gasteiger partial charge is 0.122 e. The van der Waals surface area contributed by atoms with Gasteiger partial charge in [0, 0.05) is 37.6 Å². The van der Waals surface area contributed by atoms with Crippen molar-refractivity contribution >= 4 is 0 Å². The number of nitrogens with zero attached hydrogens (tertiary/aromatic N) is 3. The zero-order chi connectivity index (χ0) is 15.9. The van der Waals surface area contributed by atoms with Gasteiger partial charge in [-0.05, 0) is 39.4 Å². The van der Waals surface area contributed by atoms with Gasteiger partial charge in [0.25, 0.3) is 0 Å². The van der Waals surface area contributed by atoms with Gasteiger partial charge in [-0.15, -0.1) is 0 Å². The van der Waals surface area contributed by atoms with E-state index >= 15 is 0 Å². The number of benzene rings is 1. The molecule has 0 saturated carbocycles. The maximum Gasteiger partial charge on any atom is 0.122 e. The molecule has 0 fully saturated rings. The summed E-state index contributed by atoms with van der Waals surface area (Å²) in [5.41, 5.74) is 3.48. The maximum atomic E-state index is 5.89. The van der Waals surface area contributed by atoms with Gasteiger partial charge in [0.1, 0.15) is 12.4 Å². The second-order valence-corrected chi connectivity index (χ2v) is 5.85. The molecule has 0 spiro atoms. The van der Waals surface area contributed by atoms with Crippen molar-refractivity contribution in [1.29, 1.82) is 0 Å². The van der Waals surface area contributed by atoms with Crippen LogP contribution >= 0.6 is 0 Å². The molecule has 0 unspecified atom stereocenters. The van der Waals surface area contributed by atoms with E-state index in [2.05, 4.69) is 54.8 Å². The van der Waals surface area contributed by atoms with Crippen LogP contribution in [-0.4, -0.2) is 41.1 Å². The zero-order valence-corrected chi connectivity index (χ0v) is 13.9. The Bertz CT molecular complexity index is 586. The van der Waals surface area contributed by atoms with E-state index in [1.807, 2.05) is 12.3 Å². The van der Waals surface area contributed by atoms with E-state index in [4.69, 9.17) is 4.74 Å². The highest BCUT2D eigenvalue weighted by molar-refractivity contribution is 5.35. The van der Waals surface area contributed by atoms with Crippen molar-refractivity contribution in [2.24, 2.45) is 0 Å². The molecule has 0 radical (unpaired) electrons. The lowest BCUT2D eigenvalue weighted by Crippen LogP contribution is -2.34. The van der Waals surface area contributed by atoms with Crippen LogP contribution in [0.3, 0.4) is 0 Å². The molecule has 0 aliphatic rings. The van der Waals surface area contributed by atoms with Crippen LogP contribution in [0.25, 0.3) is 0 Å². The van der Waals surface area contributed by atoms with E-state index in [0.717, 1.165) is 24.4 Å². The predicted octanol–water partition coefficient (Wildman–Crippen LogP) is 3.04. The molecule has 1 heterocycles. The summed E-state index contributed by atoms with van der Waals surface area (Å²) in [5.74, 6) is 0.973. The lowest BCUT2D eigenvalue weighted by Gasteiger charge is -2.24. The first-order chi connectivity index (χ1) is 10.6. The number of aromatic nitrogens is 2. The van der Waals surface area contributed by atoms with Crippen LogP contribution in [-0.2, 0) is 6.42 Å². The molecule has 4 nitrogen and oxygen atoms in total. The molecular weight excluding hydrogens is 274 g/mol. The number of hydrogen-bond donors (Lipinski definition) is 0. The average Bonchev–Trinajstić information content (AvgIpc) is 2.50. The number of likely N-dealkylation sites (N-methyl/N-ethyl adjacent to an activating group) is 1. The number of aryl methyl sites for hydroxylation is 2. The Kier molecular flexibility index (Phi) is 5.90. The molecule has 2 aromatic rings. The molecule has 1 aromatic carbocycles. The Morgan fingerprint density at radius 2 is 2.05 bits per heavy atom. The zero-order valence-electron chi connectivity index (χ0n) is 13.9. The van der Waals surface area contributed by atoms with Crippen LogP contribution in [0.1, 0.15) is 23.7 Å². The Morgan fingerprint density at radius 1 is 1.23 bits per heavy atom. The monoisotopic (exact) mass is 299 g/mol. The SMILES string of the molecule is Cc1ccc(OCCN(C)[C@@H](C)Cc2cnccn2)c(C)c1. The molecule has 1 atom stereocenters. The third-order valence-corrected chi connectivity index (χ3v) is 3.91. The first-order valence-electron chi connectivity index (χ1n) is 7.71. The fourth-order valence-electron chi connectivity index (χ4n) is 2.38. The molecular formula is C18H25N3O. The van der Waals surface area contributed by atoms with E-state index in [1.165, 1.54) is 11.1 Å². The highest BCUT2D eigenvalue weighted by atomic mass is 16.5. The second-order valence-electron chi connectivity index (χ2n) is 5.85. The fourth-order valence-corrected chi connectivity index (χ4v) is 2.38. The van der Waals surface area contributed by atoms with Crippen LogP contribution in [0, 0.1) is 13.8 Å². The first-order valence-corrected chi connectivity index (χ1v) is 7.71. The third kappa shape index (κ3) is 4.81. The van der Waals surface area contributed by atoms with Gasteiger partial charge in [-0.3, -0.25) is 14.9 Å². The molecule has 0 saturated heterocycles. The van der Waals surface area contributed by atoms with Gasteiger partial charge in [0.05, 0.1) is 5.69 Å². The van der Waals surface area contributed by atoms with Crippen LogP contribution in [0.2, 0.25) is 0 Å². The molecule has 22 heavy (non-hydrogen) atoms. The minimum Gasteiger partial charge on any atom is -0.492 e. The van der Waals surface area contributed by atoms with Gasteiger partial charge in [-0.2, -0.15) is 0 Å². The van der Waals surface area contributed by atoms with E-state index in [-0.39, 0.29) is 0 Å². The highest BCUT2D eigenvalue weighted by Gasteiger charge is 2.11. The Labute approximate surface area is 133 Å². The average molecular weight is 299 g/mol. The largest absolute Gasteiger partial charge is 0.492 e. The summed E-state index contributed by atoms with van der Waals surface area (Å²) in [4.78, 5) is 10.7. The van der Waals surface area contributed by atoms with E-state index in [9.17, 15) is 0 Å². The summed E-state index contributed by atoms with van der Waals surface area (Å²) >= 11 is 0. The maximum absolute atomic E-state index is 5.89. The lowest BCUT2D eigenvalue weighted by molar-refractivity contribution is 0.197. The molecule has 2 rings (SSSR count). The Balaban J connectivity index is 1.78. The summed E-state index contributed by atoms with van der Waals surface area (Å²) in [6, 6.07) is 6.69. The van der Waals surface area contributed by atoms with Crippen LogP contribution in [0.5, 0.6) is 5.75 Å². The fraction of sp³-hybridized carbons (Fsp3) is 0.444. The van der Waals surface area contributed by atoms with Crippen molar-refractivity contribution in [2.75, 3.05) is 20.2 Å². The molecule has 118 valence electrons. The molecule has 0 aliphatic heterocycles. The van der Waals surface area contributed by atoms with Gasteiger partial charge in [0.15, 0.2) is 0 Å². The van der Waals surface area contributed by atoms with Gasteiger partial charge in [-0.1, -0.05) is 17.7 Å². The van der Waals surface area contributed by atoms with E-state index < -0.39 is 0 Å². The van der Waals surface area contributed by atoms with Gasteiger partial charge in [0.2, 0.25) is 0 Å².